The molecule has 0 unspecified atom stereocenters. The van der Waals surface area contributed by atoms with E-state index in [0.29, 0.717) is 23.7 Å². The molecule has 0 aromatic carbocycles. The first kappa shape index (κ1) is 17.6. The Morgan fingerprint density at radius 2 is 1.89 bits per heavy atom. The molecule has 27 heavy (non-hydrogen) atoms. The summed E-state index contributed by atoms with van der Waals surface area (Å²) in [4.78, 5) is 14.9. The van der Waals surface area contributed by atoms with Crippen LogP contribution in [0.5, 0.6) is 0 Å². The van der Waals surface area contributed by atoms with Crippen molar-refractivity contribution in [3.63, 3.8) is 0 Å². The monoisotopic (exact) mass is 382 g/mol. The number of rotatable bonds is 7. The number of nitriles is 1. The Hall–Kier alpha value is -2.82. The van der Waals surface area contributed by atoms with Crippen LogP contribution >= 0.6 is 11.3 Å². The van der Waals surface area contributed by atoms with Crippen molar-refractivity contribution < 1.29 is 18.5 Å². The Morgan fingerprint density at radius 1 is 1.19 bits per heavy atom. The van der Waals surface area contributed by atoms with Gasteiger partial charge in [0.05, 0.1) is 18.1 Å². The highest BCUT2D eigenvalue weighted by Gasteiger charge is 2.24. The van der Waals surface area contributed by atoms with Gasteiger partial charge in [0.15, 0.2) is 18.1 Å². The van der Waals surface area contributed by atoms with Crippen LogP contribution in [0.15, 0.2) is 45.6 Å². The van der Waals surface area contributed by atoms with E-state index in [-0.39, 0.29) is 12.5 Å². The van der Waals surface area contributed by atoms with Crippen LogP contribution in [0.1, 0.15) is 33.9 Å². The second-order valence-electron chi connectivity index (χ2n) is 6.66. The van der Waals surface area contributed by atoms with Gasteiger partial charge in [0, 0.05) is 4.88 Å². The number of hydrogen-bond acceptors (Lipinski definition) is 5. The lowest BCUT2D eigenvalue weighted by Gasteiger charge is -2.16. The highest BCUT2D eigenvalue weighted by molar-refractivity contribution is 7.16. The Morgan fingerprint density at radius 3 is 2.48 bits per heavy atom. The molecule has 1 amide bonds. The lowest BCUT2D eigenvalue weighted by Crippen LogP contribution is -3.10. The molecule has 1 aliphatic rings. The fourth-order valence-electron chi connectivity index (χ4n) is 3.52. The van der Waals surface area contributed by atoms with Crippen LogP contribution in [0.25, 0.3) is 0 Å². The summed E-state index contributed by atoms with van der Waals surface area (Å²) in [5, 5.41) is 13.1. The third-order valence-corrected chi connectivity index (χ3v) is 5.91. The van der Waals surface area contributed by atoms with Crippen LogP contribution in [0.2, 0.25) is 0 Å². The molecule has 0 saturated carbocycles. The van der Waals surface area contributed by atoms with E-state index in [1.165, 1.54) is 16.2 Å². The normalized spacial score (nSPS) is 12.9. The average Bonchev–Trinajstić information content (AvgIpc) is 3.40. The zero-order chi connectivity index (χ0) is 18.6. The second kappa shape index (κ2) is 7.82. The van der Waals surface area contributed by atoms with Crippen LogP contribution in [0, 0.1) is 11.3 Å². The molecule has 6 nitrogen and oxygen atoms in total. The molecule has 2 N–H and O–H groups in total. The van der Waals surface area contributed by atoms with E-state index in [1.807, 2.05) is 24.3 Å². The molecule has 3 aromatic heterocycles. The predicted octanol–water partition coefficient (Wildman–Crippen LogP) is 2.52. The minimum absolute atomic E-state index is 0.112. The number of carbonyl (C=O) groups is 1. The van der Waals surface area contributed by atoms with E-state index >= 15 is 0 Å². The molecule has 3 heterocycles. The first-order chi connectivity index (χ1) is 13.2. The number of amides is 1. The fourth-order valence-corrected chi connectivity index (χ4v) is 4.77. The van der Waals surface area contributed by atoms with Gasteiger partial charge in [0.1, 0.15) is 24.2 Å². The van der Waals surface area contributed by atoms with Crippen LogP contribution in [-0.4, -0.2) is 12.5 Å². The van der Waals surface area contributed by atoms with E-state index in [0.717, 1.165) is 41.2 Å². The molecule has 0 fully saturated rings. The maximum absolute atomic E-state index is 12.7. The number of quaternary nitrogens is 1. The summed E-state index contributed by atoms with van der Waals surface area (Å²) in [6, 6.07) is 9.75. The van der Waals surface area contributed by atoms with Gasteiger partial charge in [0.25, 0.3) is 5.91 Å². The molecule has 4 rings (SSSR count). The number of anilines is 1. The van der Waals surface area contributed by atoms with E-state index in [1.54, 1.807) is 12.5 Å². The summed E-state index contributed by atoms with van der Waals surface area (Å²) in [5.41, 5.74) is 1.76. The fraction of sp³-hybridized carbons (Fsp3) is 0.300. The van der Waals surface area contributed by atoms with Gasteiger partial charge >= 0.3 is 0 Å². The maximum atomic E-state index is 12.7. The molecule has 3 aromatic rings. The number of nitrogens with zero attached hydrogens (tertiary/aromatic N) is 1. The van der Waals surface area contributed by atoms with E-state index in [9.17, 15) is 10.1 Å². The quantitative estimate of drug-likeness (QED) is 0.658. The first-order valence-electron chi connectivity index (χ1n) is 8.95. The van der Waals surface area contributed by atoms with Crippen molar-refractivity contribution in [2.75, 3.05) is 11.9 Å². The number of nitrogens with one attached hydrogen (secondary N) is 2. The third-order valence-electron chi connectivity index (χ3n) is 4.71. The van der Waals surface area contributed by atoms with Crippen molar-refractivity contribution in [2.24, 2.45) is 0 Å². The van der Waals surface area contributed by atoms with Gasteiger partial charge in [-0.1, -0.05) is 0 Å². The zero-order valence-corrected chi connectivity index (χ0v) is 15.6. The summed E-state index contributed by atoms with van der Waals surface area (Å²) in [7, 11) is 0. The van der Waals surface area contributed by atoms with Gasteiger partial charge in [-0.15, -0.1) is 11.3 Å². The Balaban J connectivity index is 1.46. The van der Waals surface area contributed by atoms with Crippen LogP contribution in [-0.2, 0) is 30.7 Å². The van der Waals surface area contributed by atoms with Gasteiger partial charge in [-0.3, -0.25) is 4.79 Å². The molecule has 0 atom stereocenters. The van der Waals surface area contributed by atoms with Gasteiger partial charge in [-0.2, -0.15) is 5.26 Å². The number of aryl methyl sites for hydroxylation is 1. The Labute approximate surface area is 161 Å². The minimum atomic E-state index is -0.112. The summed E-state index contributed by atoms with van der Waals surface area (Å²) in [5.74, 6) is 1.52. The lowest BCUT2D eigenvalue weighted by molar-refractivity contribution is -0.921. The number of carbonyl (C=O) groups excluding carboxylic acids is 1. The Bertz CT molecular complexity index is 915. The average molecular weight is 382 g/mol. The van der Waals surface area contributed by atoms with Gasteiger partial charge < -0.3 is 19.1 Å². The molecule has 138 valence electrons. The Kier molecular flexibility index (Phi) is 5.10. The van der Waals surface area contributed by atoms with Crippen molar-refractivity contribution >= 4 is 22.2 Å². The van der Waals surface area contributed by atoms with E-state index in [2.05, 4.69) is 11.4 Å². The highest BCUT2D eigenvalue weighted by Crippen LogP contribution is 2.38. The van der Waals surface area contributed by atoms with Crippen molar-refractivity contribution in [1.29, 1.82) is 5.26 Å². The zero-order valence-electron chi connectivity index (χ0n) is 14.8. The number of thiophene rings is 1. The summed E-state index contributed by atoms with van der Waals surface area (Å²) >= 11 is 1.54. The SMILES string of the molecule is N#Cc1c(NC(=O)C[NH+](Cc2ccco2)Cc2ccco2)sc2c1CCC2. The minimum Gasteiger partial charge on any atom is -0.463 e. The lowest BCUT2D eigenvalue weighted by atomic mass is 10.1. The van der Waals surface area contributed by atoms with Crippen LogP contribution in [0.3, 0.4) is 0 Å². The van der Waals surface area contributed by atoms with Gasteiger partial charge in [-0.05, 0) is 49.1 Å². The van der Waals surface area contributed by atoms with Crippen LogP contribution in [0.4, 0.5) is 5.00 Å². The summed E-state index contributed by atoms with van der Waals surface area (Å²) in [6.07, 6.45) is 6.28. The number of hydrogen-bond donors (Lipinski definition) is 2. The smallest absolute Gasteiger partial charge is 0.280 e. The van der Waals surface area contributed by atoms with Gasteiger partial charge in [-0.25, -0.2) is 0 Å². The summed E-state index contributed by atoms with van der Waals surface area (Å²) in [6.45, 7) is 1.41. The van der Waals surface area contributed by atoms with Crippen molar-refractivity contribution in [1.82, 2.24) is 0 Å². The molecule has 0 bridgehead atoms. The third kappa shape index (κ3) is 3.97. The predicted molar refractivity (Wildman–Crippen MR) is 100 cm³/mol. The maximum Gasteiger partial charge on any atom is 0.280 e. The topological polar surface area (TPSA) is 83.6 Å². The molecular weight excluding hydrogens is 362 g/mol. The molecule has 0 radical (unpaired) electrons. The molecule has 1 aliphatic carbocycles. The van der Waals surface area contributed by atoms with Gasteiger partial charge in [0.2, 0.25) is 0 Å². The van der Waals surface area contributed by atoms with E-state index < -0.39 is 0 Å². The standard InChI is InChI=1S/C20H19N3O3S/c21-10-17-16-6-1-7-18(16)27-20(17)22-19(24)13-23(11-14-4-2-8-25-14)12-15-5-3-9-26-15/h2-5,8-9H,1,6-7,11-13H2,(H,22,24)/p+1. The second-order valence-corrected chi connectivity index (χ2v) is 7.77. The largest absolute Gasteiger partial charge is 0.463 e. The van der Waals surface area contributed by atoms with Crippen LogP contribution < -0.4 is 10.2 Å². The van der Waals surface area contributed by atoms with Crippen molar-refractivity contribution in [3.05, 3.63) is 64.3 Å². The first-order valence-corrected chi connectivity index (χ1v) is 9.77. The molecule has 0 saturated heterocycles. The molecular formula is C20H20N3O3S+. The molecule has 7 heteroatoms. The highest BCUT2D eigenvalue weighted by atomic mass is 32.1. The molecule has 0 spiro atoms. The molecule has 0 aliphatic heterocycles. The van der Waals surface area contributed by atoms with E-state index in [4.69, 9.17) is 8.83 Å². The summed E-state index contributed by atoms with van der Waals surface area (Å²) < 4.78 is 10.9. The van der Waals surface area contributed by atoms with Crippen molar-refractivity contribution in [3.8, 4) is 6.07 Å². The van der Waals surface area contributed by atoms with Crippen molar-refractivity contribution in [2.45, 2.75) is 32.4 Å². The number of fused-ring (bicyclic) bond motifs is 1. The number of furan rings is 2.